The van der Waals surface area contributed by atoms with Gasteiger partial charge in [-0.25, -0.2) is 8.78 Å². The van der Waals surface area contributed by atoms with E-state index in [1.807, 2.05) is 6.07 Å². The number of nitriles is 1. The van der Waals surface area contributed by atoms with E-state index in [0.29, 0.717) is 11.8 Å². The van der Waals surface area contributed by atoms with Crippen LogP contribution in [0.5, 0.6) is 17.2 Å². The van der Waals surface area contributed by atoms with Gasteiger partial charge in [0.2, 0.25) is 0 Å². The summed E-state index contributed by atoms with van der Waals surface area (Å²) >= 11 is 0. The third-order valence-electron chi connectivity index (χ3n) is 2.42. The maximum Gasteiger partial charge on any atom is 0.168 e. The molecule has 0 fully saturated rings. The van der Waals surface area contributed by atoms with E-state index >= 15 is 0 Å². The van der Waals surface area contributed by atoms with Crippen LogP contribution in [0.2, 0.25) is 0 Å². The van der Waals surface area contributed by atoms with Gasteiger partial charge in [-0.2, -0.15) is 5.26 Å². The Morgan fingerprint density at radius 3 is 2.47 bits per heavy atom. The second-order valence-electron chi connectivity index (χ2n) is 3.65. The molecule has 19 heavy (non-hydrogen) atoms. The summed E-state index contributed by atoms with van der Waals surface area (Å²) in [5.41, 5.74) is 0.226. The van der Waals surface area contributed by atoms with Gasteiger partial charge in [0.25, 0.3) is 0 Å². The van der Waals surface area contributed by atoms with Crippen LogP contribution < -0.4 is 9.47 Å². The zero-order valence-corrected chi connectivity index (χ0v) is 9.98. The first kappa shape index (κ1) is 12.8. The molecule has 0 aliphatic carbocycles. The number of hydrogen-bond acceptors (Lipinski definition) is 3. The summed E-state index contributed by atoms with van der Waals surface area (Å²) in [5, 5.41) is 8.95. The Labute approximate surface area is 108 Å². The number of methoxy groups -OCH3 is 1. The highest BCUT2D eigenvalue weighted by Crippen LogP contribution is 2.30. The summed E-state index contributed by atoms with van der Waals surface area (Å²) in [5.74, 6) is -1.09. The first-order valence-corrected chi connectivity index (χ1v) is 5.35. The second-order valence-corrected chi connectivity index (χ2v) is 3.65. The van der Waals surface area contributed by atoms with E-state index in [1.165, 1.54) is 19.2 Å². The van der Waals surface area contributed by atoms with E-state index < -0.39 is 11.6 Å². The fraction of sp³-hybridized carbons (Fsp3) is 0.0714. The standard InChI is InChI=1S/C14H9F2NO2/c1-18-11-4-2-9(8-17)14(7-11)19-13-5-3-10(15)6-12(13)16/h2-7H,1H3. The molecule has 96 valence electrons. The van der Waals surface area contributed by atoms with Gasteiger partial charge in [0.15, 0.2) is 11.6 Å². The fourth-order valence-electron chi connectivity index (χ4n) is 1.48. The molecule has 0 amide bonds. The molecular weight excluding hydrogens is 252 g/mol. The van der Waals surface area contributed by atoms with Crippen LogP contribution in [0.15, 0.2) is 36.4 Å². The quantitative estimate of drug-likeness (QED) is 0.847. The van der Waals surface area contributed by atoms with E-state index in [-0.39, 0.29) is 17.1 Å². The van der Waals surface area contributed by atoms with Crippen LogP contribution in [0, 0.1) is 23.0 Å². The number of benzene rings is 2. The average Bonchev–Trinajstić information content (AvgIpc) is 2.41. The molecule has 0 bridgehead atoms. The Morgan fingerprint density at radius 2 is 1.84 bits per heavy atom. The third-order valence-corrected chi connectivity index (χ3v) is 2.42. The lowest BCUT2D eigenvalue weighted by Crippen LogP contribution is -1.93. The van der Waals surface area contributed by atoms with Gasteiger partial charge < -0.3 is 9.47 Å². The van der Waals surface area contributed by atoms with Gasteiger partial charge in [-0.05, 0) is 24.3 Å². The van der Waals surface area contributed by atoms with Crippen molar-refractivity contribution in [2.75, 3.05) is 7.11 Å². The largest absolute Gasteiger partial charge is 0.497 e. The maximum atomic E-state index is 13.5. The molecule has 0 N–H and O–H groups in total. The molecule has 0 atom stereocenters. The first-order chi connectivity index (χ1) is 9.13. The summed E-state index contributed by atoms with van der Waals surface area (Å²) < 4.78 is 36.5. The van der Waals surface area contributed by atoms with Crippen LogP contribution in [0.3, 0.4) is 0 Å². The van der Waals surface area contributed by atoms with Crippen molar-refractivity contribution in [1.29, 1.82) is 5.26 Å². The van der Waals surface area contributed by atoms with Crippen molar-refractivity contribution in [1.82, 2.24) is 0 Å². The molecule has 3 nitrogen and oxygen atoms in total. The minimum atomic E-state index is -0.841. The number of ether oxygens (including phenoxy) is 2. The van der Waals surface area contributed by atoms with Gasteiger partial charge in [-0.15, -0.1) is 0 Å². The zero-order chi connectivity index (χ0) is 13.8. The first-order valence-electron chi connectivity index (χ1n) is 5.35. The van der Waals surface area contributed by atoms with Crippen molar-refractivity contribution in [3.63, 3.8) is 0 Å². The van der Waals surface area contributed by atoms with Gasteiger partial charge in [0.1, 0.15) is 23.4 Å². The Kier molecular flexibility index (Phi) is 3.62. The molecule has 0 saturated heterocycles. The van der Waals surface area contributed by atoms with Gasteiger partial charge in [0.05, 0.1) is 12.7 Å². The van der Waals surface area contributed by atoms with E-state index in [1.54, 1.807) is 6.07 Å². The molecule has 2 aromatic carbocycles. The van der Waals surface area contributed by atoms with E-state index in [2.05, 4.69) is 0 Å². The van der Waals surface area contributed by atoms with Crippen molar-refractivity contribution >= 4 is 0 Å². The van der Waals surface area contributed by atoms with Crippen LogP contribution in [0.1, 0.15) is 5.56 Å². The molecule has 0 spiro atoms. The van der Waals surface area contributed by atoms with Crippen LogP contribution in [0.25, 0.3) is 0 Å². The lowest BCUT2D eigenvalue weighted by Gasteiger charge is -2.09. The fourth-order valence-corrected chi connectivity index (χ4v) is 1.48. The molecule has 5 heteroatoms. The normalized spacial score (nSPS) is 9.79. The van der Waals surface area contributed by atoms with Crippen LogP contribution in [0.4, 0.5) is 8.78 Å². The molecule has 2 rings (SSSR count). The van der Waals surface area contributed by atoms with Gasteiger partial charge in [-0.3, -0.25) is 0 Å². The minimum absolute atomic E-state index is 0.146. The van der Waals surface area contributed by atoms with Crippen molar-refractivity contribution in [3.05, 3.63) is 53.6 Å². The highest BCUT2D eigenvalue weighted by Gasteiger charge is 2.10. The molecule has 0 aliphatic rings. The SMILES string of the molecule is COc1ccc(C#N)c(Oc2ccc(F)cc2F)c1. The predicted octanol–water partition coefficient (Wildman–Crippen LogP) is 3.64. The van der Waals surface area contributed by atoms with Gasteiger partial charge >= 0.3 is 0 Å². The second kappa shape index (κ2) is 5.36. The van der Waals surface area contributed by atoms with Gasteiger partial charge in [-0.1, -0.05) is 0 Å². The molecule has 0 radical (unpaired) electrons. The number of halogens is 2. The Balaban J connectivity index is 2.39. The van der Waals surface area contributed by atoms with Crippen LogP contribution >= 0.6 is 0 Å². The minimum Gasteiger partial charge on any atom is -0.497 e. The summed E-state index contributed by atoms with van der Waals surface area (Å²) in [6, 6.07) is 9.41. The predicted molar refractivity (Wildman–Crippen MR) is 64.1 cm³/mol. The van der Waals surface area contributed by atoms with Crippen LogP contribution in [-0.2, 0) is 0 Å². The summed E-state index contributed by atoms with van der Waals surface area (Å²) in [7, 11) is 1.46. The van der Waals surface area contributed by atoms with E-state index in [0.717, 1.165) is 12.1 Å². The topological polar surface area (TPSA) is 42.2 Å². The van der Waals surface area contributed by atoms with Gasteiger partial charge in [0, 0.05) is 12.1 Å². The molecule has 0 unspecified atom stereocenters. The molecule has 0 saturated carbocycles. The highest BCUT2D eigenvalue weighted by atomic mass is 19.1. The zero-order valence-electron chi connectivity index (χ0n) is 9.98. The number of nitrogens with zero attached hydrogens (tertiary/aromatic N) is 1. The van der Waals surface area contributed by atoms with Crippen molar-refractivity contribution in [3.8, 4) is 23.3 Å². The van der Waals surface area contributed by atoms with E-state index in [9.17, 15) is 8.78 Å². The van der Waals surface area contributed by atoms with Crippen LogP contribution in [-0.4, -0.2) is 7.11 Å². The number of rotatable bonds is 3. The highest BCUT2D eigenvalue weighted by molar-refractivity contribution is 5.49. The summed E-state index contributed by atoms with van der Waals surface area (Å²) in [6.07, 6.45) is 0. The average molecular weight is 261 g/mol. The molecule has 2 aromatic rings. The van der Waals surface area contributed by atoms with E-state index in [4.69, 9.17) is 14.7 Å². The van der Waals surface area contributed by atoms with Crippen molar-refractivity contribution < 1.29 is 18.3 Å². The maximum absolute atomic E-state index is 13.5. The smallest absolute Gasteiger partial charge is 0.168 e. The molecule has 0 aromatic heterocycles. The van der Waals surface area contributed by atoms with Crippen molar-refractivity contribution in [2.24, 2.45) is 0 Å². The monoisotopic (exact) mass is 261 g/mol. The lowest BCUT2D eigenvalue weighted by atomic mass is 10.2. The summed E-state index contributed by atoms with van der Waals surface area (Å²) in [4.78, 5) is 0. The Morgan fingerprint density at radius 1 is 1.05 bits per heavy atom. The summed E-state index contributed by atoms with van der Waals surface area (Å²) in [6.45, 7) is 0. The lowest BCUT2D eigenvalue weighted by molar-refractivity contribution is 0.404. The Hall–Kier alpha value is -2.61. The molecule has 0 heterocycles. The van der Waals surface area contributed by atoms with Crippen molar-refractivity contribution in [2.45, 2.75) is 0 Å². The Bertz CT molecular complexity index is 650. The third kappa shape index (κ3) is 2.80. The molecule has 0 aliphatic heterocycles. The molecular formula is C14H9F2NO2. The number of hydrogen-bond donors (Lipinski definition) is 0.